The number of benzene rings is 2. The maximum Gasteiger partial charge on any atom is 0.122 e. The molecule has 0 saturated carbocycles. The van der Waals surface area contributed by atoms with E-state index in [4.69, 9.17) is 27.9 Å². The quantitative estimate of drug-likeness (QED) is 0.602. The average Bonchev–Trinajstić information content (AvgIpc) is 2.47. The number of hydrogen-bond donors (Lipinski definition) is 0. The standard InChI is InChI=1S/C18H18Cl2O/c1-3-5-14-12-13(9-11-18(14)21-2)8-10-15-16(19)6-4-7-17(15)20/h4,6-12H,3,5H2,1-2H3/b10-8+. The molecule has 0 aromatic heterocycles. The second-order valence-electron chi connectivity index (χ2n) is 4.79. The molecule has 3 heteroatoms. The van der Waals surface area contributed by atoms with Gasteiger partial charge in [0.2, 0.25) is 0 Å². The monoisotopic (exact) mass is 320 g/mol. The molecule has 0 amide bonds. The minimum Gasteiger partial charge on any atom is -0.496 e. The number of methoxy groups -OCH3 is 1. The summed E-state index contributed by atoms with van der Waals surface area (Å²) < 4.78 is 5.39. The Bertz CT molecular complexity index is 627. The van der Waals surface area contributed by atoms with Crippen molar-refractivity contribution in [3.63, 3.8) is 0 Å². The summed E-state index contributed by atoms with van der Waals surface area (Å²) in [6.07, 6.45) is 6.05. The van der Waals surface area contributed by atoms with Crippen LogP contribution in [0.5, 0.6) is 5.75 Å². The molecule has 0 aliphatic carbocycles. The van der Waals surface area contributed by atoms with Crippen LogP contribution in [-0.2, 0) is 6.42 Å². The molecule has 21 heavy (non-hydrogen) atoms. The SMILES string of the molecule is CCCc1cc(/C=C/c2c(Cl)cccc2Cl)ccc1OC. The van der Waals surface area contributed by atoms with Crippen molar-refractivity contribution in [2.75, 3.05) is 7.11 Å². The zero-order valence-corrected chi connectivity index (χ0v) is 13.7. The molecule has 2 aromatic carbocycles. The predicted octanol–water partition coefficient (Wildman–Crippen LogP) is 6.12. The highest BCUT2D eigenvalue weighted by Crippen LogP contribution is 2.27. The maximum absolute atomic E-state index is 6.17. The van der Waals surface area contributed by atoms with Crippen molar-refractivity contribution < 1.29 is 4.74 Å². The molecule has 0 N–H and O–H groups in total. The van der Waals surface area contributed by atoms with Gasteiger partial charge >= 0.3 is 0 Å². The van der Waals surface area contributed by atoms with E-state index in [0.717, 1.165) is 29.7 Å². The summed E-state index contributed by atoms with van der Waals surface area (Å²) in [6, 6.07) is 11.7. The topological polar surface area (TPSA) is 9.23 Å². The molecular weight excluding hydrogens is 303 g/mol. The van der Waals surface area contributed by atoms with Crippen LogP contribution < -0.4 is 4.74 Å². The summed E-state index contributed by atoms with van der Waals surface area (Å²) in [6.45, 7) is 2.16. The fraction of sp³-hybridized carbons (Fsp3) is 0.222. The first kappa shape index (κ1) is 15.9. The molecule has 0 atom stereocenters. The normalized spacial score (nSPS) is 11.0. The fourth-order valence-electron chi connectivity index (χ4n) is 2.22. The minimum atomic E-state index is 0.654. The van der Waals surface area contributed by atoms with Crippen LogP contribution in [0.25, 0.3) is 12.2 Å². The highest BCUT2D eigenvalue weighted by Gasteiger charge is 2.04. The summed E-state index contributed by atoms with van der Waals surface area (Å²) in [4.78, 5) is 0. The third kappa shape index (κ3) is 4.03. The zero-order chi connectivity index (χ0) is 15.2. The van der Waals surface area contributed by atoms with E-state index in [1.165, 1.54) is 5.56 Å². The van der Waals surface area contributed by atoms with Crippen LogP contribution in [0.4, 0.5) is 0 Å². The molecule has 0 bridgehead atoms. The van der Waals surface area contributed by atoms with Gasteiger partial charge in [0, 0.05) is 15.6 Å². The van der Waals surface area contributed by atoms with Gasteiger partial charge in [0.1, 0.15) is 5.75 Å². The zero-order valence-electron chi connectivity index (χ0n) is 12.2. The molecular formula is C18H18Cl2O. The molecule has 2 aromatic rings. The summed E-state index contributed by atoms with van der Waals surface area (Å²) in [7, 11) is 1.70. The first-order valence-corrected chi connectivity index (χ1v) is 7.70. The molecule has 2 rings (SSSR count). The number of hydrogen-bond acceptors (Lipinski definition) is 1. The molecule has 0 spiro atoms. The molecule has 0 heterocycles. The Morgan fingerprint density at radius 2 is 1.76 bits per heavy atom. The molecule has 0 fully saturated rings. The lowest BCUT2D eigenvalue weighted by Gasteiger charge is -2.08. The van der Waals surface area contributed by atoms with E-state index in [0.29, 0.717) is 10.0 Å². The van der Waals surface area contributed by atoms with E-state index in [1.54, 1.807) is 7.11 Å². The largest absolute Gasteiger partial charge is 0.496 e. The minimum absolute atomic E-state index is 0.654. The van der Waals surface area contributed by atoms with E-state index in [1.807, 2.05) is 42.5 Å². The third-order valence-electron chi connectivity index (χ3n) is 3.27. The van der Waals surface area contributed by atoms with Gasteiger partial charge in [-0.1, -0.05) is 60.8 Å². The number of ether oxygens (including phenoxy) is 1. The van der Waals surface area contributed by atoms with Crippen LogP contribution in [0.15, 0.2) is 36.4 Å². The van der Waals surface area contributed by atoms with Crippen molar-refractivity contribution >= 4 is 35.4 Å². The second kappa shape index (κ2) is 7.53. The predicted molar refractivity (Wildman–Crippen MR) is 92.4 cm³/mol. The van der Waals surface area contributed by atoms with Gasteiger partial charge in [-0.25, -0.2) is 0 Å². The van der Waals surface area contributed by atoms with Gasteiger partial charge in [0.05, 0.1) is 7.11 Å². The highest BCUT2D eigenvalue weighted by molar-refractivity contribution is 6.37. The summed E-state index contributed by atoms with van der Waals surface area (Å²) >= 11 is 12.3. The van der Waals surface area contributed by atoms with E-state index in [9.17, 15) is 0 Å². The van der Waals surface area contributed by atoms with Crippen LogP contribution >= 0.6 is 23.2 Å². The highest BCUT2D eigenvalue weighted by atomic mass is 35.5. The molecule has 0 radical (unpaired) electrons. The Kier molecular flexibility index (Phi) is 5.72. The van der Waals surface area contributed by atoms with Crippen LogP contribution in [0, 0.1) is 0 Å². The Labute approximate surface area is 136 Å². The Morgan fingerprint density at radius 1 is 1.05 bits per heavy atom. The molecule has 0 saturated heterocycles. The van der Waals surface area contributed by atoms with Gasteiger partial charge in [-0.3, -0.25) is 0 Å². The summed E-state index contributed by atoms with van der Waals surface area (Å²) in [5.41, 5.74) is 3.16. The van der Waals surface area contributed by atoms with E-state index in [2.05, 4.69) is 13.0 Å². The Hall–Kier alpha value is -1.44. The first-order valence-electron chi connectivity index (χ1n) is 6.94. The molecule has 0 aliphatic rings. The average molecular weight is 321 g/mol. The Morgan fingerprint density at radius 3 is 2.38 bits per heavy atom. The smallest absolute Gasteiger partial charge is 0.122 e. The second-order valence-corrected chi connectivity index (χ2v) is 5.60. The van der Waals surface area contributed by atoms with Crippen molar-refractivity contribution in [3.05, 3.63) is 63.1 Å². The van der Waals surface area contributed by atoms with Gasteiger partial charge in [-0.2, -0.15) is 0 Å². The third-order valence-corrected chi connectivity index (χ3v) is 3.93. The molecule has 0 unspecified atom stereocenters. The van der Waals surface area contributed by atoms with E-state index in [-0.39, 0.29) is 0 Å². The number of aryl methyl sites for hydroxylation is 1. The number of rotatable bonds is 5. The fourth-order valence-corrected chi connectivity index (χ4v) is 2.74. The van der Waals surface area contributed by atoms with Crippen molar-refractivity contribution in [1.82, 2.24) is 0 Å². The lowest BCUT2D eigenvalue weighted by atomic mass is 10.0. The van der Waals surface area contributed by atoms with Gasteiger partial charge in [-0.05, 0) is 41.8 Å². The first-order chi connectivity index (χ1) is 10.2. The lowest BCUT2D eigenvalue weighted by molar-refractivity contribution is 0.409. The van der Waals surface area contributed by atoms with Crippen molar-refractivity contribution in [2.45, 2.75) is 19.8 Å². The van der Waals surface area contributed by atoms with Gasteiger partial charge < -0.3 is 4.74 Å². The van der Waals surface area contributed by atoms with Crippen LogP contribution in [0.1, 0.15) is 30.0 Å². The molecule has 1 nitrogen and oxygen atoms in total. The lowest BCUT2D eigenvalue weighted by Crippen LogP contribution is -1.92. The summed E-state index contributed by atoms with van der Waals surface area (Å²) in [5.74, 6) is 0.935. The number of halogens is 2. The van der Waals surface area contributed by atoms with Gasteiger partial charge in [-0.15, -0.1) is 0 Å². The summed E-state index contributed by atoms with van der Waals surface area (Å²) in [5, 5.41) is 1.31. The molecule has 0 aliphatic heterocycles. The maximum atomic E-state index is 6.17. The van der Waals surface area contributed by atoms with Crippen LogP contribution in [0.2, 0.25) is 10.0 Å². The van der Waals surface area contributed by atoms with Crippen LogP contribution in [0.3, 0.4) is 0 Å². The van der Waals surface area contributed by atoms with E-state index < -0.39 is 0 Å². The van der Waals surface area contributed by atoms with Gasteiger partial charge in [0.25, 0.3) is 0 Å². The van der Waals surface area contributed by atoms with Crippen molar-refractivity contribution in [1.29, 1.82) is 0 Å². The van der Waals surface area contributed by atoms with Crippen LogP contribution in [-0.4, -0.2) is 7.11 Å². The van der Waals surface area contributed by atoms with E-state index >= 15 is 0 Å². The molecule has 110 valence electrons. The Balaban J connectivity index is 2.31. The van der Waals surface area contributed by atoms with Gasteiger partial charge in [0.15, 0.2) is 0 Å². The van der Waals surface area contributed by atoms with Crippen molar-refractivity contribution in [3.8, 4) is 5.75 Å². The van der Waals surface area contributed by atoms with Crippen molar-refractivity contribution in [2.24, 2.45) is 0 Å².